The van der Waals surface area contributed by atoms with Crippen LogP contribution in [0.2, 0.25) is 0 Å². The van der Waals surface area contributed by atoms with E-state index < -0.39 is 11.9 Å². The maximum Gasteiger partial charge on any atom is 0.336 e. The molecule has 0 aromatic heterocycles. The summed E-state index contributed by atoms with van der Waals surface area (Å²) in [4.78, 5) is 22.1. The molecule has 0 aliphatic rings. The van der Waals surface area contributed by atoms with E-state index >= 15 is 0 Å². The fourth-order valence-corrected chi connectivity index (χ4v) is 1.97. The molecule has 0 spiro atoms. The molecule has 100 valence electrons. The van der Waals surface area contributed by atoms with Crippen molar-refractivity contribution in [1.82, 2.24) is 0 Å². The van der Waals surface area contributed by atoms with Crippen LogP contribution in [0, 0.1) is 0 Å². The lowest BCUT2D eigenvalue weighted by molar-refractivity contribution is -0.133. The highest BCUT2D eigenvalue weighted by atomic mass is 16.4. The lowest BCUT2D eigenvalue weighted by Gasteiger charge is -2.10. The molecule has 2 aromatic carbocycles. The van der Waals surface area contributed by atoms with E-state index in [1.54, 1.807) is 24.3 Å². The van der Waals surface area contributed by atoms with E-state index in [2.05, 4.69) is 0 Å². The fraction of sp³-hybridized carbons (Fsp3) is 0. The molecule has 2 N–H and O–H groups in total. The lowest BCUT2D eigenvalue weighted by atomic mass is 9.94. The number of hydrogen-bond acceptors (Lipinski definition) is 2. The maximum atomic E-state index is 11.3. The molecule has 0 aliphatic carbocycles. The summed E-state index contributed by atoms with van der Waals surface area (Å²) in [5.74, 6) is -2.55. The predicted octanol–water partition coefficient (Wildman–Crippen LogP) is 2.91. The van der Waals surface area contributed by atoms with Crippen molar-refractivity contribution in [3.05, 3.63) is 66.2 Å². The summed E-state index contributed by atoms with van der Waals surface area (Å²) in [6.45, 7) is 0. The molecule has 0 fully saturated rings. The molecule has 0 radical (unpaired) electrons. The number of hydrogen-bond donors (Lipinski definition) is 2. The fourth-order valence-electron chi connectivity index (χ4n) is 1.97. The van der Waals surface area contributed by atoms with E-state index in [9.17, 15) is 14.7 Å². The van der Waals surface area contributed by atoms with Crippen LogP contribution in [0.5, 0.6) is 0 Å². The second-order valence-electron chi connectivity index (χ2n) is 4.11. The van der Waals surface area contributed by atoms with Crippen molar-refractivity contribution in [2.45, 2.75) is 0 Å². The van der Waals surface area contributed by atoms with E-state index in [1.165, 1.54) is 0 Å². The summed E-state index contributed by atoms with van der Waals surface area (Å²) >= 11 is 0. The smallest absolute Gasteiger partial charge is 0.336 e. The van der Waals surface area contributed by atoms with Crippen molar-refractivity contribution in [3.63, 3.8) is 0 Å². The molecule has 0 unspecified atom stereocenters. The van der Waals surface area contributed by atoms with Gasteiger partial charge in [-0.2, -0.15) is 0 Å². The monoisotopic (exact) mass is 268 g/mol. The van der Waals surface area contributed by atoms with Crippen molar-refractivity contribution in [3.8, 4) is 11.1 Å². The average Bonchev–Trinajstić information content (AvgIpc) is 2.45. The number of carboxylic acids is 2. The van der Waals surface area contributed by atoms with E-state index in [4.69, 9.17) is 5.11 Å². The summed E-state index contributed by atoms with van der Waals surface area (Å²) < 4.78 is 0. The van der Waals surface area contributed by atoms with Gasteiger partial charge >= 0.3 is 11.9 Å². The molecule has 0 amide bonds. The van der Waals surface area contributed by atoms with Gasteiger partial charge in [0.15, 0.2) is 0 Å². The summed E-state index contributed by atoms with van der Waals surface area (Å²) in [6, 6.07) is 16.1. The normalized spacial score (nSPS) is 11.1. The Morgan fingerprint density at radius 3 is 2.05 bits per heavy atom. The Balaban J connectivity index is 2.63. The Hall–Kier alpha value is -2.88. The van der Waals surface area contributed by atoms with Gasteiger partial charge in [0.05, 0.1) is 5.57 Å². The van der Waals surface area contributed by atoms with Gasteiger partial charge in [-0.25, -0.2) is 9.59 Å². The van der Waals surface area contributed by atoms with Gasteiger partial charge in [0.1, 0.15) is 0 Å². The van der Waals surface area contributed by atoms with Crippen LogP contribution in [0.4, 0.5) is 0 Å². The molecule has 0 bridgehead atoms. The molecule has 0 atom stereocenters. The zero-order valence-electron chi connectivity index (χ0n) is 10.5. The Labute approximate surface area is 115 Å². The Kier molecular flexibility index (Phi) is 3.96. The first-order chi connectivity index (χ1) is 9.59. The topological polar surface area (TPSA) is 74.6 Å². The van der Waals surface area contributed by atoms with Crippen molar-refractivity contribution in [1.29, 1.82) is 0 Å². The third-order valence-corrected chi connectivity index (χ3v) is 2.80. The van der Waals surface area contributed by atoms with Crippen LogP contribution in [-0.4, -0.2) is 22.2 Å². The minimum atomic E-state index is -1.29. The first-order valence-electron chi connectivity index (χ1n) is 5.92. The number of carbonyl (C=O) groups is 2. The van der Waals surface area contributed by atoms with Gasteiger partial charge < -0.3 is 10.2 Å². The molecule has 2 aromatic rings. The van der Waals surface area contributed by atoms with Crippen LogP contribution in [0.15, 0.2) is 60.7 Å². The zero-order valence-corrected chi connectivity index (χ0v) is 10.5. The summed E-state index contributed by atoms with van der Waals surface area (Å²) in [5, 5.41) is 18.0. The van der Waals surface area contributed by atoms with Crippen LogP contribution in [0.25, 0.3) is 16.7 Å². The van der Waals surface area contributed by atoms with Gasteiger partial charge in [0.2, 0.25) is 0 Å². The van der Waals surface area contributed by atoms with E-state index in [0.29, 0.717) is 17.2 Å². The molecule has 20 heavy (non-hydrogen) atoms. The number of benzene rings is 2. The van der Waals surface area contributed by atoms with Crippen LogP contribution in [0.1, 0.15) is 5.56 Å². The van der Waals surface area contributed by atoms with Crippen LogP contribution in [0.3, 0.4) is 0 Å². The molecular formula is C16H12O4. The summed E-state index contributed by atoms with van der Waals surface area (Å²) in [7, 11) is 0. The minimum absolute atomic E-state index is 0.239. The van der Waals surface area contributed by atoms with Gasteiger partial charge in [-0.05, 0) is 16.7 Å². The Morgan fingerprint density at radius 2 is 1.45 bits per heavy atom. The Morgan fingerprint density at radius 1 is 0.850 bits per heavy atom. The predicted molar refractivity (Wildman–Crippen MR) is 75.1 cm³/mol. The quantitative estimate of drug-likeness (QED) is 0.836. The number of aliphatic carboxylic acids is 2. The van der Waals surface area contributed by atoms with Crippen molar-refractivity contribution in [2.75, 3.05) is 0 Å². The van der Waals surface area contributed by atoms with Crippen molar-refractivity contribution in [2.24, 2.45) is 0 Å². The second kappa shape index (κ2) is 5.84. The highest BCUT2D eigenvalue weighted by Gasteiger charge is 2.16. The molecule has 0 aliphatic heterocycles. The molecule has 4 nitrogen and oxygen atoms in total. The standard InChI is InChI=1S/C16H12O4/c17-15(18)10-14(16(19)20)13-9-5-4-8-12(13)11-6-2-1-3-7-11/h1-10H,(H,17,18)(H,19,20)/b14-10-. The van der Waals surface area contributed by atoms with Crippen LogP contribution < -0.4 is 0 Å². The molecule has 0 saturated carbocycles. The number of rotatable bonds is 4. The lowest BCUT2D eigenvalue weighted by Crippen LogP contribution is -2.04. The van der Waals surface area contributed by atoms with Gasteiger partial charge in [0, 0.05) is 6.08 Å². The highest BCUT2D eigenvalue weighted by Crippen LogP contribution is 2.28. The molecule has 0 heterocycles. The first kappa shape index (κ1) is 13.5. The largest absolute Gasteiger partial charge is 0.478 e. The van der Waals surface area contributed by atoms with Gasteiger partial charge in [-0.1, -0.05) is 54.6 Å². The average molecular weight is 268 g/mol. The van der Waals surface area contributed by atoms with Crippen LogP contribution in [-0.2, 0) is 9.59 Å². The molecule has 4 heteroatoms. The van der Waals surface area contributed by atoms with Gasteiger partial charge in [0.25, 0.3) is 0 Å². The first-order valence-corrected chi connectivity index (χ1v) is 5.92. The van der Waals surface area contributed by atoms with E-state index in [1.807, 2.05) is 30.3 Å². The van der Waals surface area contributed by atoms with E-state index in [0.717, 1.165) is 5.56 Å². The Bertz CT molecular complexity index is 672. The molecule has 0 saturated heterocycles. The third kappa shape index (κ3) is 2.92. The second-order valence-corrected chi connectivity index (χ2v) is 4.11. The summed E-state index contributed by atoms with van der Waals surface area (Å²) in [6.07, 6.45) is 0.712. The van der Waals surface area contributed by atoms with Crippen LogP contribution >= 0.6 is 0 Å². The highest BCUT2D eigenvalue weighted by molar-refractivity contribution is 6.21. The van der Waals surface area contributed by atoms with Gasteiger partial charge in [-0.3, -0.25) is 0 Å². The number of carboxylic acid groups (broad SMARTS) is 2. The zero-order chi connectivity index (χ0) is 14.5. The summed E-state index contributed by atoms with van der Waals surface area (Å²) in [5.41, 5.74) is 1.66. The van der Waals surface area contributed by atoms with E-state index in [-0.39, 0.29) is 5.57 Å². The maximum absolute atomic E-state index is 11.3. The van der Waals surface area contributed by atoms with Crippen molar-refractivity contribution < 1.29 is 19.8 Å². The minimum Gasteiger partial charge on any atom is -0.478 e. The van der Waals surface area contributed by atoms with Gasteiger partial charge in [-0.15, -0.1) is 0 Å². The molecular weight excluding hydrogens is 256 g/mol. The SMILES string of the molecule is O=C(O)/C=C(\C(=O)O)c1ccccc1-c1ccccc1. The molecule has 2 rings (SSSR count). The van der Waals surface area contributed by atoms with Crippen molar-refractivity contribution >= 4 is 17.5 Å². The third-order valence-electron chi connectivity index (χ3n) is 2.80.